The van der Waals surface area contributed by atoms with Crippen LogP contribution in [0.1, 0.15) is 19.3 Å². The van der Waals surface area contributed by atoms with Crippen LogP contribution in [0.2, 0.25) is 0 Å². The van der Waals surface area contributed by atoms with Gasteiger partial charge in [0.25, 0.3) is 5.91 Å². The quantitative estimate of drug-likeness (QED) is 0.838. The smallest absolute Gasteiger partial charge is 0.260 e. The van der Waals surface area contributed by atoms with Gasteiger partial charge in [-0.15, -0.1) is 0 Å². The summed E-state index contributed by atoms with van der Waals surface area (Å²) >= 11 is 0. The number of likely N-dealkylation sites (N-methyl/N-ethyl adjacent to an activating group) is 1. The molecule has 3 amide bonds. The van der Waals surface area contributed by atoms with Crippen LogP contribution in [0.4, 0.5) is 0 Å². The molecule has 0 aliphatic carbocycles. The number of likely N-dealkylation sites (tertiary alicyclic amines) is 2. The van der Waals surface area contributed by atoms with E-state index in [1.54, 1.807) is 24.1 Å². The van der Waals surface area contributed by atoms with Crippen LogP contribution in [0, 0.1) is 0 Å². The maximum atomic E-state index is 12.3. The summed E-state index contributed by atoms with van der Waals surface area (Å²) in [6.07, 6.45) is 1.69. The van der Waals surface area contributed by atoms with E-state index in [-0.39, 0.29) is 30.4 Å². The molecule has 3 rings (SSSR count). The highest BCUT2D eigenvalue weighted by Crippen LogP contribution is 2.18. The fourth-order valence-corrected chi connectivity index (χ4v) is 3.27. The van der Waals surface area contributed by atoms with E-state index in [1.807, 2.05) is 18.2 Å². The van der Waals surface area contributed by atoms with Gasteiger partial charge in [0.1, 0.15) is 11.8 Å². The van der Waals surface area contributed by atoms with E-state index >= 15 is 0 Å². The Morgan fingerprint density at radius 2 is 2.00 bits per heavy atom. The topological polar surface area (TPSA) is 79.0 Å². The highest BCUT2D eigenvalue weighted by molar-refractivity contribution is 5.91. The molecule has 0 saturated carbocycles. The second-order valence-electron chi connectivity index (χ2n) is 6.49. The molecule has 2 unspecified atom stereocenters. The SMILES string of the molecule is CN1C(=O)CCC1C(=O)NC1CCN(C(=O)COc2ccccc2)C1. The number of amides is 3. The first-order valence-corrected chi connectivity index (χ1v) is 8.56. The Labute approximate surface area is 146 Å². The van der Waals surface area contributed by atoms with E-state index in [2.05, 4.69) is 5.32 Å². The van der Waals surface area contributed by atoms with Crippen molar-refractivity contribution in [1.82, 2.24) is 15.1 Å². The predicted molar refractivity (Wildman–Crippen MR) is 90.9 cm³/mol. The van der Waals surface area contributed by atoms with Crippen LogP contribution in [0.15, 0.2) is 30.3 Å². The molecule has 1 aromatic carbocycles. The lowest BCUT2D eigenvalue weighted by Crippen LogP contribution is -2.47. The number of para-hydroxylation sites is 1. The first-order valence-electron chi connectivity index (χ1n) is 8.56. The molecule has 0 radical (unpaired) electrons. The number of nitrogens with one attached hydrogen (secondary N) is 1. The highest BCUT2D eigenvalue weighted by atomic mass is 16.5. The Balaban J connectivity index is 1.44. The van der Waals surface area contributed by atoms with Gasteiger partial charge in [-0.1, -0.05) is 18.2 Å². The number of nitrogens with zero attached hydrogens (tertiary/aromatic N) is 2. The average Bonchev–Trinajstić information content (AvgIpc) is 3.21. The molecule has 2 atom stereocenters. The molecule has 2 heterocycles. The van der Waals surface area contributed by atoms with Crippen molar-refractivity contribution in [3.05, 3.63) is 30.3 Å². The summed E-state index contributed by atoms with van der Waals surface area (Å²) in [6.45, 7) is 1.07. The maximum Gasteiger partial charge on any atom is 0.260 e. The lowest BCUT2D eigenvalue weighted by atomic mass is 10.2. The molecule has 134 valence electrons. The fraction of sp³-hybridized carbons (Fsp3) is 0.500. The van der Waals surface area contributed by atoms with E-state index < -0.39 is 6.04 Å². The van der Waals surface area contributed by atoms with Crippen molar-refractivity contribution in [3.63, 3.8) is 0 Å². The highest BCUT2D eigenvalue weighted by Gasteiger charge is 2.35. The summed E-state index contributed by atoms with van der Waals surface area (Å²) in [6, 6.07) is 8.74. The predicted octanol–water partition coefficient (Wildman–Crippen LogP) is 0.403. The van der Waals surface area contributed by atoms with Crippen molar-refractivity contribution >= 4 is 17.7 Å². The minimum atomic E-state index is -0.390. The Hall–Kier alpha value is -2.57. The monoisotopic (exact) mass is 345 g/mol. The van der Waals surface area contributed by atoms with Gasteiger partial charge in [0, 0.05) is 32.6 Å². The third-order valence-corrected chi connectivity index (χ3v) is 4.79. The van der Waals surface area contributed by atoms with E-state index in [9.17, 15) is 14.4 Å². The standard InChI is InChI=1S/C18H23N3O4/c1-20-15(7-8-16(20)22)18(24)19-13-9-10-21(11-13)17(23)12-25-14-5-3-2-4-6-14/h2-6,13,15H,7-12H2,1H3,(H,19,24). The molecule has 2 aliphatic rings. The summed E-state index contributed by atoms with van der Waals surface area (Å²) < 4.78 is 5.48. The van der Waals surface area contributed by atoms with Crippen molar-refractivity contribution in [2.45, 2.75) is 31.3 Å². The zero-order valence-electron chi connectivity index (χ0n) is 14.3. The van der Waals surface area contributed by atoms with Gasteiger partial charge < -0.3 is 19.9 Å². The van der Waals surface area contributed by atoms with Gasteiger partial charge in [-0.25, -0.2) is 0 Å². The lowest BCUT2D eigenvalue weighted by Gasteiger charge is -2.22. The van der Waals surface area contributed by atoms with E-state index in [0.29, 0.717) is 38.1 Å². The van der Waals surface area contributed by atoms with Crippen molar-refractivity contribution in [2.24, 2.45) is 0 Å². The minimum Gasteiger partial charge on any atom is -0.484 e. The molecule has 1 N–H and O–H groups in total. The number of carbonyl (C=O) groups excluding carboxylic acids is 3. The van der Waals surface area contributed by atoms with Crippen LogP contribution in [0.5, 0.6) is 5.75 Å². The van der Waals surface area contributed by atoms with E-state index in [1.165, 1.54) is 4.90 Å². The molecule has 2 saturated heterocycles. The second kappa shape index (κ2) is 7.55. The number of benzene rings is 1. The molecular weight excluding hydrogens is 322 g/mol. The van der Waals surface area contributed by atoms with Gasteiger partial charge in [-0.2, -0.15) is 0 Å². The molecule has 0 bridgehead atoms. The minimum absolute atomic E-state index is 0.00133. The lowest BCUT2D eigenvalue weighted by molar-refractivity contribution is -0.134. The van der Waals surface area contributed by atoms with Gasteiger partial charge in [-0.3, -0.25) is 14.4 Å². The molecule has 0 aromatic heterocycles. The van der Waals surface area contributed by atoms with Crippen molar-refractivity contribution in [2.75, 3.05) is 26.7 Å². The van der Waals surface area contributed by atoms with Crippen molar-refractivity contribution in [1.29, 1.82) is 0 Å². The van der Waals surface area contributed by atoms with Gasteiger partial charge in [0.05, 0.1) is 0 Å². The molecule has 2 aliphatic heterocycles. The summed E-state index contributed by atoms with van der Waals surface area (Å²) in [5, 5.41) is 2.96. The fourth-order valence-electron chi connectivity index (χ4n) is 3.27. The first-order chi connectivity index (χ1) is 12.0. The normalized spacial score (nSPS) is 23.0. The van der Waals surface area contributed by atoms with Crippen molar-refractivity contribution < 1.29 is 19.1 Å². The zero-order chi connectivity index (χ0) is 17.8. The number of carbonyl (C=O) groups is 3. The van der Waals surface area contributed by atoms with Crippen LogP contribution in [0.25, 0.3) is 0 Å². The summed E-state index contributed by atoms with van der Waals surface area (Å²) in [5.41, 5.74) is 0. The van der Waals surface area contributed by atoms with E-state index in [4.69, 9.17) is 4.74 Å². The van der Waals surface area contributed by atoms with Crippen LogP contribution >= 0.6 is 0 Å². The Morgan fingerprint density at radius 1 is 1.24 bits per heavy atom. The molecule has 25 heavy (non-hydrogen) atoms. The molecular formula is C18H23N3O4. The number of hydrogen-bond donors (Lipinski definition) is 1. The van der Waals surface area contributed by atoms with Gasteiger partial charge >= 0.3 is 0 Å². The summed E-state index contributed by atoms with van der Waals surface area (Å²) in [5.74, 6) is 0.442. The molecule has 2 fully saturated rings. The number of ether oxygens (including phenoxy) is 1. The average molecular weight is 345 g/mol. The van der Waals surface area contributed by atoms with Crippen LogP contribution in [-0.2, 0) is 14.4 Å². The summed E-state index contributed by atoms with van der Waals surface area (Å²) in [7, 11) is 1.66. The summed E-state index contributed by atoms with van der Waals surface area (Å²) in [4.78, 5) is 39.3. The first kappa shape index (κ1) is 17.3. The third kappa shape index (κ3) is 4.10. The van der Waals surface area contributed by atoms with Gasteiger partial charge in [-0.05, 0) is 25.0 Å². The zero-order valence-corrected chi connectivity index (χ0v) is 14.3. The van der Waals surface area contributed by atoms with Crippen LogP contribution in [-0.4, -0.2) is 66.3 Å². The Bertz CT molecular complexity index is 649. The molecule has 0 spiro atoms. The molecule has 7 heteroatoms. The van der Waals surface area contributed by atoms with Gasteiger partial charge in [0.2, 0.25) is 11.8 Å². The van der Waals surface area contributed by atoms with Crippen molar-refractivity contribution in [3.8, 4) is 5.75 Å². The van der Waals surface area contributed by atoms with Gasteiger partial charge in [0.15, 0.2) is 6.61 Å². The maximum absolute atomic E-state index is 12.3. The molecule has 7 nitrogen and oxygen atoms in total. The second-order valence-corrected chi connectivity index (χ2v) is 6.49. The molecule has 1 aromatic rings. The Morgan fingerprint density at radius 3 is 2.68 bits per heavy atom. The number of rotatable bonds is 5. The van der Waals surface area contributed by atoms with Crippen LogP contribution < -0.4 is 10.1 Å². The number of hydrogen-bond acceptors (Lipinski definition) is 4. The Kier molecular flexibility index (Phi) is 5.21. The third-order valence-electron chi connectivity index (χ3n) is 4.79. The van der Waals surface area contributed by atoms with E-state index in [0.717, 1.165) is 0 Å². The largest absolute Gasteiger partial charge is 0.484 e. The van der Waals surface area contributed by atoms with Crippen LogP contribution in [0.3, 0.4) is 0 Å².